The monoisotopic (exact) mass is 532 g/mol. The number of hydrogen-bond acceptors (Lipinski definition) is 5. The molecule has 0 saturated carbocycles. The van der Waals surface area contributed by atoms with Crippen molar-refractivity contribution < 1.29 is 18.0 Å². The van der Waals surface area contributed by atoms with Gasteiger partial charge in [-0.1, -0.05) is 24.0 Å². The largest absolute Gasteiger partial charge is 0.416 e. The highest BCUT2D eigenvalue weighted by Crippen LogP contribution is 2.34. The van der Waals surface area contributed by atoms with Gasteiger partial charge in [0.2, 0.25) is 0 Å². The van der Waals surface area contributed by atoms with Crippen molar-refractivity contribution >= 4 is 22.6 Å². The van der Waals surface area contributed by atoms with Gasteiger partial charge in [-0.3, -0.25) is 14.8 Å². The fraction of sp³-hybridized carbons (Fsp3) is 0.276. The quantitative estimate of drug-likeness (QED) is 0.373. The molecular weight excluding hydrogens is 505 g/mol. The number of fused-ring (bicyclic) bond motifs is 1. The first kappa shape index (κ1) is 26.4. The molecule has 2 aromatic heterocycles. The third kappa shape index (κ3) is 6.28. The number of nitrogens with one attached hydrogen (secondary N) is 2. The van der Waals surface area contributed by atoms with Crippen LogP contribution in [0.4, 0.5) is 18.9 Å². The Morgan fingerprint density at radius 1 is 1.05 bits per heavy atom. The number of pyridine rings is 1. The van der Waals surface area contributed by atoms with Crippen LogP contribution in [-0.2, 0) is 12.7 Å². The predicted octanol–water partition coefficient (Wildman–Crippen LogP) is 4.68. The second kappa shape index (κ2) is 10.9. The Morgan fingerprint density at radius 2 is 1.82 bits per heavy atom. The first-order valence-corrected chi connectivity index (χ1v) is 12.5. The van der Waals surface area contributed by atoms with E-state index in [0.717, 1.165) is 30.2 Å². The van der Waals surface area contributed by atoms with E-state index in [-0.39, 0.29) is 23.4 Å². The minimum Gasteiger partial charge on any atom is -0.322 e. The van der Waals surface area contributed by atoms with E-state index in [9.17, 15) is 18.0 Å². The molecule has 0 radical (unpaired) electrons. The molecule has 1 fully saturated rings. The topological polar surface area (TPSA) is 77.1 Å². The normalized spacial score (nSPS) is 14.7. The molecule has 0 atom stereocenters. The van der Waals surface area contributed by atoms with Crippen LogP contribution < -0.4 is 5.32 Å². The molecule has 39 heavy (non-hydrogen) atoms. The van der Waals surface area contributed by atoms with Gasteiger partial charge in [-0.05, 0) is 55.9 Å². The average molecular weight is 533 g/mol. The van der Waals surface area contributed by atoms with E-state index in [0.29, 0.717) is 29.9 Å². The molecule has 5 rings (SSSR count). The molecule has 200 valence electrons. The van der Waals surface area contributed by atoms with Gasteiger partial charge < -0.3 is 10.2 Å². The van der Waals surface area contributed by atoms with Crippen molar-refractivity contribution in [3.8, 4) is 11.8 Å². The van der Waals surface area contributed by atoms with E-state index in [2.05, 4.69) is 37.2 Å². The van der Waals surface area contributed by atoms with Gasteiger partial charge in [-0.25, -0.2) is 4.98 Å². The Hall–Kier alpha value is -4.20. The van der Waals surface area contributed by atoms with Crippen LogP contribution in [0, 0.1) is 18.8 Å². The fourth-order valence-corrected chi connectivity index (χ4v) is 4.48. The number of H-pyrrole nitrogens is 1. The highest BCUT2D eigenvalue weighted by atomic mass is 19.4. The Labute approximate surface area is 224 Å². The summed E-state index contributed by atoms with van der Waals surface area (Å²) < 4.78 is 41.7. The molecule has 1 saturated heterocycles. The van der Waals surface area contributed by atoms with Gasteiger partial charge in [0, 0.05) is 66.7 Å². The van der Waals surface area contributed by atoms with Gasteiger partial charge in [0.1, 0.15) is 0 Å². The maximum absolute atomic E-state index is 13.9. The van der Waals surface area contributed by atoms with E-state index in [4.69, 9.17) is 0 Å². The maximum Gasteiger partial charge on any atom is 0.416 e. The molecule has 4 aromatic rings. The minimum atomic E-state index is -4.54. The predicted molar refractivity (Wildman–Crippen MR) is 143 cm³/mol. The molecular formula is C29H27F3N6O. The molecule has 0 bridgehead atoms. The number of anilines is 1. The molecule has 7 nitrogen and oxygen atoms in total. The average Bonchev–Trinajstić information content (AvgIpc) is 3.29. The number of piperazine rings is 1. The third-order valence-electron chi connectivity index (χ3n) is 6.75. The number of amides is 1. The number of carbonyl (C=O) groups excluding carboxylic acids is 1. The molecule has 1 amide bonds. The summed E-state index contributed by atoms with van der Waals surface area (Å²) in [6.45, 7) is 5.13. The number of nitrogens with zero attached hydrogens (tertiary/aromatic N) is 4. The molecule has 0 unspecified atom stereocenters. The maximum atomic E-state index is 13.9. The van der Waals surface area contributed by atoms with Gasteiger partial charge in [0.25, 0.3) is 5.91 Å². The summed E-state index contributed by atoms with van der Waals surface area (Å²) in [5, 5.41) is 10.5. The van der Waals surface area contributed by atoms with Crippen LogP contribution in [0.15, 0.2) is 54.7 Å². The van der Waals surface area contributed by atoms with Crippen LogP contribution in [0.25, 0.3) is 11.0 Å². The van der Waals surface area contributed by atoms with Crippen molar-refractivity contribution in [3.05, 3.63) is 88.2 Å². The zero-order chi connectivity index (χ0) is 27.6. The van der Waals surface area contributed by atoms with Gasteiger partial charge >= 0.3 is 6.18 Å². The SMILES string of the molecule is Cc1n[nH]c2ncc(C#Cc3cccc(C(=O)Nc4ccc(CN5CCN(C)CC5)c(C(F)(F)F)c4)c3)cc12. The summed E-state index contributed by atoms with van der Waals surface area (Å²) in [5.41, 5.74) is 2.61. The molecule has 0 aliphatic carbocycles. The van der Waals surface area contributed by atoms with Gasteiger partial charge in [-0.2, -0.15) is 18.3 Å². The number of aromatic amines is 1. The van der Waals surface area contributed by atoms with E-state index >= 15 is 0 Å². The molecule has 2 N–H and O–H groups in total. The molecule has 1 aliphatic rings. The van der Waals surface area contributed by atoms with E-state index in [1.165, 1.54) is 12.1 Å². The third-order valence-corrected chi connectivity index (χ3v) is 6.75. The van der Waals surface area contributed by atoms with Crippen LogP contribution in [0.2, 0.25) is 0 Å². The van der Waals surface area contributed by atoms with Gasteiger partial charge in [0.15, 0.2) is 5.65 Å². The molecule has 0 spiro atoms. The highest BCUT2D eigenvalue weighted by Gasteiger charge is 2.34. The fourth-order valence-electron chi connectivity index (χ4n) is 4.48. The first-order valence-electron chi connectivity index (χ1n) is 12.5. The Morgan fingerprint density at radius 3 is 2.59 bits per heavy atom. The first-order chi connectivity index (χ1) is 18.7. The van der Waals surface area contributed by atoms with E-state index < -0.39 is 17.6 Å². The summed E-state index contributed by atoms with van der Waals surface area (Å²) in [7, 11) is 2.00. The number of benzene rings is 2. The van der Waals surface area contributed by atoms with Crippen molar-refractivity contribution in [2.75, 3.05) is 38.5 Å². The summed E-state index contributed by atoms with van der Waals surface area (Å²) in [5.74, 6) is 5.53. The number of rotatable bonds is 4. The van der Waals surface area contributed by atoms with Gasteiger partial charge in [0.05, 0.1) is 11.3 Å². The number of alkyl halides is 3. The minimum absolute atomic E-state index is 0.0841. The second-order valence-corrected chi connectivity index (χ2v) is 9.66. The van der Waals surface area contributed by atoms with Crippen LogP contribution in [0.1, 0.15) is 38.3 Å². The number of aromatic nitrogens is 3. The lowest BCUT2D eigenvalue weighted by molar-refractivity contribution is -0.138. The summed E-state index contributed by atoms with van der Waals surface area (Å²) in [6, 6.07) is 12.5. The lowest BCUT2D eigenvalue weighted by atomic mass is 10.0. The van der Waals surface area contributed by atoms with E-state index in [1.54, 1.807) is 30.5 Å². The molecule has 3 heterocycles. The Balaban J connectivity index is 1.31. The highest BCUT2D eigenvalue weighted by molar-refractivity contribution is 6.04. The lowest BCUT2D eigenvalue weighted by Crippen LogP contribution is -2.44. The number of hydrogen-bond donors (Lipinski definition) is 2. The van der Waals surface area contributed by atoms with Crippen LogP contribution in [0.5, 0.6) is 0 Å². The standard InChI is InChI=1S/C29H27F3N6O/c1-19-25-15-21(17-33-27(25)36-35-19)7-6-20-4-3-5-22(14-20)28(39)34-24-9-8-23(26(16-24)29(30,31)32)18-38-12-10-37(2)11-13-38/h3-5,8-9,14-17H,10-13,18H2,1-2H3,(H,34,39)(H,33,35,36). The molecule has 1 aliphatic heterocycles. The smallest absolute Gasteiger partial charge is 0.322 e. The lowest BCUT2D eigenvalue weighted by Gasteiger charge is -2.33. The number of aryl methyl sites for hydroxylation is 1. The van der Waals surface area contributed by atoms with E-state index in [1.807, 2.05) is 24.9 Å². The Bertz CT molecular complexity index is 1580. The van der Waals surface area contributed by atoms with Crippen molar-refractivity contribution in [2.24, 2.45) is 0 Å². The molecule has 10 heteroatoms. The number of likely N-dealkylation sites (N-methyl/N-ethyl adjacent to an activating group) is 1. The van der Waals surface area contributed by atoms with Crippen molar-refractivity contribution in [2.45, 2.75) is 19.6 Å². The van der Waals surface area contributed by atoms with Gasteiger partial charge in [-0.15, -0.1) is 0 Å². The second-order valence-electron chi connectivity index (χ2n) is 9.66. The van der Waals surface area contributed by atoms with Crippen LogP contribution in [-0.4, -0.2) is 64.1 Å². The Kier molecular flexibility index (Phi) is 7.37. The number of carbonyl (C=O) groups is 1. The van der Waals surface area contributed by atoms with Crippen molar-refractivity contribution in [1.29, 1.82) is 0 Å². The zero-order valence-electron chi connectivity index (χ0n) is 21.6. The van der Waals surface area contributed by atoms with Crippen molar-refractivity contribution in [1.82, 2.24) is 25.0 Å². The zero-order valence-corrected chi connectivity index (χ0v) is 21.6. The summed E-state index contributed by atoms with van der Waals surface area (Å²) >= 11 is 0. The summed E-state index contributed by atoms with van der Waals surface area (Å²) in [6.07, 6.45) is -2.90. The molecule has 2 aromatic carbocycles. The van der Waals surface area contributed by atoms with Crippen molar-refractivity contribution in [3.63, 3.8) is 0 Å². The summed E-state index contributed by atoms with van der Waals surface area (Å²) in [4.78, 5) is 21.4. The van der Waals surface area contributed by atoms with Crippen LogP contribution >= 0.6 is 0 Å². The van der Waals surface area contributed by atoms with Crippen LogP contribution in [0.3, 0.4) is 0 Å². The number of halogens is 3.